The molecule has 0 radical (unpaired) electrons. The maximum absolute atomic E-state index is 12.1. The zero-order valence-electron chi connectivity index (χ0n) is 13.9. The second-order valence-electron chi connectivity index (χ2n) is 6.15. The van der Waals surface area contributed by atoms with Crippen LogP contribution in [0.1, 0.15) is 34.1 Å². The Morgan fingerprint density at radius 3 is 2.09 bits per heavy atom. The van der Waals surface area contributed by atoms with Crippen LogP contribution in [0.3, 0.4) is 0 Å². The molecule has 5 atom stereocenters. The van der Waals surface area contributed by atoms with E-state index in [0.29, 0.717) is 0 Å². The molecule has 1 heterocycles. The first-order valence-electron chi connectivity index (χ1n) is 7.42. The van der Waals surface area contributed by atoms with E-state index in [-0.39, 0.29) is 6.42 Å². The van der Waals surface area contributed by atoms with Crippen molar-refractivity contribution in [2.75, 3.05) is 7.11 Å². The molecule has 0 aromatic carbocycles. The van der Waals surface area contributed by atoms with Gasteiger partial charge >= 0.3 is 17.9 Å². The van der Waals surface area contributed by atoms with Crippen LogP contribution in [0.4, 0.5) is 0 Å². The van der Waals surface area contributed by atoms with Gasteiger partial charge in [0, 0.05) is 20.3 Å². The van der Waals surface area contributed by atoms with Crippen LogP contribution in [0.2, 0.25) is 0 Å². The molecule has 23 heavy (non-hydrogen) atoms. The molecule has 0 spiro atoms. The van der Waals surface area contributed by atoms with Crippen LogP contribution in [-0.2, 0) is 38.1 Å². The number of carbonyl (C=O) groups is 3. The molecule has 0 N–H and O–H groups in total. The molecule has 1 saturated heterocycles. The van der Waals surface area contributed by atoms with Crippen LogP contribution >= 0.6 is 0 Å². The van der Waals surface area contributed by atoms with E-state index < -0.39 is 54.0 Å². The van der Waals surface area contributed by atoms with Crippen LogP contribution in [-0.4, -0.2) is 55.2 Å². The van der Waals surface area contributed by atoms with Crippen molar-refractivity contribution in [3.8, 4) is 0 Å². The second kappa shape index (κ2) is 6.45. The number of ether oxygens (including phenoxy) is 5. The molecule has 2 aliphatic rings. The third-order valence-corrected chi connectivity index (χ3v) is 3.86. The van der Waals surface area contributed by atoms with Crippen LogP contribution in [0, 0.1) is 5.92 Å². The first kappa shape index (κ1) is 17.7. The van der Waals surface area contributed by atoms with Crippen molar-refractivity contribution in [1.82, 2.24) is 0 Å². The summed E-state index contributed by atoms with van der Waals surface area (Å²) in [6, 6.07) is 0. The van der Waals surface area contributed by atoms with Crippen LogP contribution in [0.15, 0.2) is 0 Å². The van der Waals surface area contributed by atoms with Crippen LogP contribution < -0.4 is 0 Å². The van der Waals surface area contributed by atoms with Gasteiger partial charge in [0.1, 0.15) is 30.3 Å². The molecule has 2 fully saturated rings. The topological polar surface area (TPSA) is 97.4 Å². The fraction of sp³-hybridized carbons (Fsp3) is 0.800. The van der Waals surface area contributed by atoms with Gasteiger partial charge in [0.25, 0.3) is 0 Å². The highest BCUT2D eigenvalue weighted by atomic mass is 16.8. The third kappa shape index (κ3) is 3.81. The van der Waals surface area contributed by atoms with Crippen LogP contribution in [0.5, 0.6) is 0 Å². The van der Waals surface area contributed by atoms with Gasteiger partial charge in [-0.05, 0) is 13.8 Å². The first-order valence-corrected chi connectivity index (χ1v) is 7.42. The molecule has 1 saturated carbocycles. The smallest absolute Gasteiger partial charge is 0.312 e. The predicted molar refractivity (Wildman–Crippen MR) is 75.1 cm³/mol. The fourth-order valence-corrected chi connectivity index (χ4v) is 3.16. The molecule has 0 aromatic rings. The molecule has 1 unspecified atom stereocenters. The van der Waals surface area contributed by atoms with Crippen molar-refractivity contribution in [1.29, 1.82) is 0 Å². The van der Waals surface area contributed by atoms with Crippen molar-refractivity contribution in [2.45, 2.75) is 64.3 Å². The minimum atomic E-state index is -0.947. The van der Waals surface area contributed by atoms with Gasteiger partial charge in [-0.25, -0.2) is 0 Å². The minimum Gasteiger partial charge on any atom is -0.469 e. The van der Waals surface area contributed by atoms with E-state index in [9.17, 15) is 14.4 Å². The van der Waals surface area contributed by atoms with Gasteiger partial charge in [0.15, 0.2) is 5.79 Å². The van der Waals surface area contributed by atoms with E-state index >= 15 is 0 Å². The molecular weight excluding hydrogens is 308 g/mol. The van der Waals surface area contributed by atoms with Crippen molar-refractivity contribution in [3.05, 3.63) is 0 Å². The Balaban J connectivity index is 2.34. The molecule has 2 rings (SSSR count). The molecule has 1 aliphatic heterocycles. The lowest BCUT2D eigenvalue weighted by Crippen LogP contribution is -2.56. The summed E-state index contributed by atoms with van der Waals surface area (Å²) in [7, 11) is 1.25. The van der Waals surface area contributed by atoms with Gasteiger partial charge in [0.05, 0.1) is 7.11 Å². The van der Waals surface area contributed by atoms with Gasteiger partial charge in [-0.15, -0.1) is 0 Å². The fourth-order valence-electron chi connectivity index (χ4n) is 3.16. The van der Waals surface area contributed by atoms with E-state index in [2.05, 4.69) is 0 Å². The number of carbonyl (C=O) groups excluding carboxylic acids is 3. The number of rotatable bonds is 3. The average molecular weight is 330 g/mol. The van der Waals surface area contributed by atoms with E-state index in [0.717, 1.165) is 0 Å². The molecule has 130 valence electrons. The molecule has 0 bridgehead atoms. The molecular formula is C15H22O8. The Hall–Kier alpha value is -1.67. The van der Waals surface area contributed by atoms with E-state index in [1.165, 1.54) is 21.0 Å². The van der Waals surface area contributed by atoms with Gasteiger partial charge in [-0.3, -0.25) is 14.4 Å². The summed E-state index contributed by atoms with van der Waals surface area (Å²) in [4.78, 5) is 34.9. The van der Waals surface area contributed by atoms with Crippen molar-refractivity contribution < 1.29 is 38.1 Å². The van der Waals surface area contributed by atoms with Gasteiger partial charge in [0.2, 0.25) is 0 Å². The molecule has 0 amide bonds. The Bertz CT molecular complexity index is 500. The number of methoxy groups -OCH3 is 1. The molecule has 0 aromatic heterocycles. The van der Waals surface area contributed by atoms with E-state index in [1.807, 2.05) is 0 Å². The Morgan fingerprint density at radius 1 is 1.00 bits per heavy atom. The Morgan fingerprint density at radius 2 is 1.57 bits per heavy atom. The largest absolute Gasteiger partial charge is 0.469 e. The Labute approximate surface area is 134 Å². The number of hydrogen-bond donors (Lipinski definition) is 0. The monoisotopic (exact) mass is 330 g/mol. The highest BCUT2D eigenvalue weighted by Crippen LogP contribution is 2.42. The Kier molecular flexibility index (Phi) is 4.95. The standard InChI is InChI=1S/C15H22O8/c1-7(16)20-10-6-9(14(18)19-5)11(21-8(2)17)13-12(10)22-15(3,4)23-13/h9-13H,6H2,1-5H3/t9?,10-,11+,12+,13-/m0/s1. The van der Waals surface area contributed by atoms with Crippen molar-refractivity contribution in [3.63, 3.8) is 0 Å². The summed E-state index contributed by atoms with van der Waals surface area (Å²) in [5.41, 5.74) is 0. The SMILES string of the molecule is COC(=O)C1C[C@H](OC(C)=O)[C@H]2OC(C)(C)O[C@H]2[C@@H]1OC(C)=O. The highest BCUT2D eigenvalue weighted by molar-refractivity contribution is 5.75. The molecule has 1 aliphatic carbocycles. The van der Waals surface area contributed by atoms with Gasteiger partial charge in [-0.2, -0.15) is 0 Å². The molecule has 8 heteroatoms. The molecule has 8 nitrogen and oxygen atoms in total. The lowest BCUT2D eigenvalue weighted by atomic mass is 9.80. The highest BCUT2D eigenvalue weighted by Gasteiger charge is 2.58. The van der Waals surface area contributed by atoms with E-state index in [4.69, 9.17) is 23.7 Å². The van der Waals surface area contributed by atoms with E-state index in [1.54, 1.807) is 13.8 Å². The number of esters is 3. The van der Waals surface area contributed by atoms with Gasteiger partial charge < -0.3 is 23.7 Å². The summed E-state index contributed by atoms with van der Waals surface area (Å²) >= 11 is 0. The summed E-state index contributed by atoms with van der Waals surface area (Å²) in [6.07, 6.45) is -2.77. The maximum Gasteiger partial charge on any atom is 0.312 e. The zero-order chi connectivity index (χ0) is 17.4. The third-order valence-electron chi connectivity index (χ3n) is 3.86. The summed E-state index contributed by atoms with van der Waals surface area (Å²) in [6.45, 7) is 5.94. The van der Waals surface area contributed by atoms with Crippen molar-refractivity contribution >= 4 is 17.9 Å². The predicted octanol–water partition coefficient (Wildman–Crippen LogP) is 0.563. The summed E-state index contributed by atoms with van der Waals surface area (Å²) in [5, 5.41) is 0. The minimum absolute atomic E-state index is 0.130. The zero-order valence-corrected chi connectivity index (χ0v) is 13.9. The van der Waals surface area contributed by atoms with Crippen LogP contribution in [0.25, 0.3) is 0 Å². The summed E-state index contributed by atoms with van der Waals surface area (Å²) in [5.74, 6) is -3.33. The normalized spacial score (nSPS) is 35.1. The lowest BCUT2D eigenvalue weighted by Gasteiger charge is -2.39. The average Bonchev–Trinajstić information content (AvgIpc) is 2.75. The summed E-state index contributed by atoms with van der Waals surface area (Å²) < 4.78 is 27.0. The lowest BCUT2D eigenvalue weighted by molar-refractivity contribution is -0.188. The van der Waals surface area contributed by atoms with Crippen molar-refractivity contribution in [2.24, 2.45) is 5.92 Å². The number of hydrogen-bond acceptors (Lipinski definition) is 8. The van der Waals surface area contributed by atoms with Gasteiger partial charge in [-0.1, -0.05) is 0 Å². The first-order chi connectivity index (χ1) is 10.6. The number of fused-ring (bicyclic) bond motifs is 1. The second-order valence-corrected chi connectivity index (χ2v) is 6.15. The maximum atomic E-state index is 12.1. The quantitative estimate of drug-likeness (QED) is 0.547.